The van der Waals surface area contributed by atoms with Crippen LogP contribution in [0.3, 0.4) is 0 Å². The summed E-state index contributed by atoms with van der Waals surface area (Å²) in [6, 6.07) is 3.94. The SMILES string of the molecule is CC(C)(C)C(=O)NCc1ccc(Cl)c(Nc2nc3cc(C(=O)NC4CCC(F)CC4)c(OCC(F)F)nc3n2CC(F)F)c1Cl. The Morgan fingerprint density at radius 3 is 2.38 bits per heavy atom. The molecule has 2 amide bonds. The van der Waals surface area contributed by atoms with Gasteiger partial charge in [0.2, 0.25) is 17.7 Å². The number of nitrogens with zero attached hydrogens (tertiary/aromatic N) is 3. The fourth-order valence-corrected chi connectivity index (χ4v) is 5.24. The average molecular weight is 680 g/mol. The summed E-state index contributed by atoms with van der Waals surface area (Å²) in [7, 11) is 0. The first-order valence-electron chi connectivity index (χ1n) is 14.2. The normalized spacial score (nSPS) is 17.2. The fourth-order valence-electron chi connectivity index (χ4n) is 4.71. The van der Waals surface area contributed by atoms with Gasteiger partial charge in [-0.25, -0.2) is 26.9 Å². The summed E-state index contributed by atoms with van der Waals surface area (Å²) in [5, 5.41) is 8.57. The Morgan fingerprint density at radius 1 is 1.07 bits per heavy atom. The minimum Gasteiger partial charge on any atom is -0.471 e. The average Bonchev–Trinajstić information content (AvgIpc) is 3.28. The molecule has 3 N–H and O–H groups in total. The molecule has 0 atom stereocenters. The maximum absolute atomic E-state index is 13.8. The second-order valence-corrected chi connectivity index (χ2v) is 12.5. The Morgan fingerprint density at radius 2 is 1.76 bits per heavy atom. The molecule has 0 saturated heterocycles. The molecule has 1 aliphatic carbocycles. The van der Waals surface area contributed by atoms with Gasteiger partial charge in [-0.1, -0.05) is 50.0 Å². The smallest absolute Gasteiger partial charge is 0.272 e. The third kappa shape index (κ3) is 8.66. The molecule has 0 spiro atoms. The van der Waals surface area contributed by atoms with Gasteiger partial charge in [-0.15, -0.1) is 0 Å². The molecule has 1 saturated carbocycles. The molecule has 0 unspecified atom stereocenters. The molecule has 3 aromatic rings. The molecule has 0 bridgehead atoms. The molecule has 0 aliphatic heterocycles. The highest BCUT2D eigenvalue weighted by Gasteiger charge is 2.27. The van der Waals surface area contributed by atoms with Gasteiger partial charge in [-0.05, 0) is 43.4 Å². The van der Waals surface area contributed by atoms with Crippen molar-refractivity contribution in [1.29, 1.82) is 0 Å². The predicted octanol–water partition coefficient (Wildman–Crippen LogP) is 7.06. The standard InChI is InChI=1S/C29H33Cl2F5N6O3/c1-29(2,3)27(44)37-11-14-4-9-18(30)23(22(14)31)40-28-39-19-10-17(25(43)38-16-7-5-15(32)6-8-16)26(45-13-21(35)36)41-24(19)42(28)12-20(33)34/h4,9-10,15-16,20-21H,5-8,11-13H2,1-3H3,(H,37,44)(H,38,43)(H,39,40). The summed E-state index contributed by atoms with van der Waals surface area (Å²) in [6.07, 6.45) is -5.48. The lowest BCUT2D eigenvalue weighted by molar-refractivity contribution is -0.128. The van der Waals surface area contributed by atoms with Gasteiger partial charge in [-0.3, -0.25) is 14.2 Å². The molecule has 4 rings (SSSR count). The van der Waals surface area contributed by atoms with Crippen molar-refractivity contribution < 1.29 is 36.3 Å². The van der Waals surface area contributed by atoms with Crippen LogP contribution in [-0.2, 0) is 17.9 Å². The second kappa shape index (κ2) is 14.4. The number of rotatable bonds is 11. The van der Waals surface area contributed by atoms with E-state index in [1.165, 1.54) is 12.1 Å². The quantitative estimate of drug-likeness (QED) is 0.187. The Balaban J connectivity index is 1.73. The first kappa shape index (κ1) is 34.5. The summed E-state index contributed by atoms with van der Waals surface area (Å²) >= 11 is 13.0. The lowest BCUT2D eigenvalue weighted by Gasteiger charge is -2.25. The van der Waals surface area contributed by atoms with Crippen LogP contribution in [0.4, 0.5) is 33.6 Å². The molecular formula is C29H33Cl2F5N6O3. The summed E-state index contributed by atoms with van der Waals surface area (Å²) in [5.74, 6) is -1.64. The molecule has 1 aliphatic rings. The monoisotopic (exact) mass is 678 g/mol. The van der Waals surface area contributed by atoms with Crippen molar-refractivity contribution in [3.8, 4) is 5.88 Å². The molecule has 1 fully saturated rings. The number of anilines is 2. The molecule has 246 valence electrons. The van der Waals surface area contributed by atoms with Crippen molar-refractivity contribution in [2.45, 2.75) is 84.6 Å². The van der Waals surface area contributed by atoms with Gasteiger partial charge in [0.15, 0.2) is 12.3 Å². The highest BCUT2D eigenvalue weighted by molar-refractivity contribution is 6.39. The van der Waals surface area contributed by atoms with Crippen LogP contribution in [0, 0.1) is 5.41 Å². The Bertz CT molecular complexity index is 1540. The first-order valence-corrected chi connectivity index (χ1v) is 15.0. The van der Waals surface area contributed by atoms with Crippen molar-refractivity contribution in [3.63, 3.8) is 0 Å². The van der Waals surface area contributed by atoms with E-state index >= 15 is 0 Å². The van der Waals surface area contributed by atoms with Gasteiger partial charge >= 0.3 is 0 Å². The van der Waals surface area contributed by atoms with Gasteiger partial charge in [0.05, 0.1) is 22.3 Å². The number of pyridine rings is 1. The molecule has 2 heterocycles. The molecular weight excluding hydrogens is 646 g/mol. The number of imidazole rings is 1. The topological polar surface area (TPSA) is 110 Å². The van der Waals surface area contributed by atoms with Gasteiger partial charge < -0.3 is 20.7 Å². The third-order valence-corrected chi connectivity index (χ3v) is 7.86. The van der Waals surface area contributed by atoms with Gasteiger partial charge in [0.25, 0.3) is 18.8 Å². The highest BCUT2D eigenvalue weighted by Crippen LogP contribution is 2.37. The van der Waals surface area contributed by atoms with Crippen molar-refractivity contribution in [3.05, 3.63) is 39.4 Å². The summed E-state index contributed by atoms with van der Waals surface area (Å²) < 4.78 is 73.4. The van der Waals surface area contributed by atoms with E-state index in [9.17, 15) is 31.5 Å². The zero-order valence-corrected chi connectivity index (χ0v) is 26.2. The van der Waals surface area contributed by atoms with E-state index in [0.29, 0.717) is 18.4 Å². The van der Waals surface area contributed by atoms with E-state index in [1.54, 1.807) is 26.8 Å². The van der Waals surface area contributed by atoms with Crippen LogP contribution in [0.25, 0.3) is 11.2 Å². The number of hydrogen-bond acceptors (Lipinski definition) is 6. The number of benzene rings is 1. The number of nitrogens with one attached hydrogen (secondary N) is 3. The number of carbonyl (C=O) groups excluding carboxylic acids is 2. The van der Waals surface area contributed by atoms with Crippen LogP contribution in [0.2, 0.25) is 10.0 Å². The zero-order valence-electron chi connectivity index (χ0n) is 24.7. The first-order chi connectivity index (χ1) is 21.1. The molecule has 45 heavy (non-hydrogen) atoms. The van der Waals surface area contributed by atoms with Crippen molar-refractivity contribution in [2.24, 2.45) is 5.41 Å². The number of hydrogen-bond donors (Lipinski definition) is 3. The molecule has 1 aromatic carbocycles. The van der Waals surface area contributed by atoms with Crippen LogP contribution in [0.5, 0.6) is 5.88 Å². The predicted molar refractivity (Wildman–Crippen MR) is 161 cm³/mol. The fraction of sp³-hybridized carbons (Fsp3) is 0.517. The van der Waals surface area contributed by atoms with E-state index in [4.69, 9.17) is 27.9 Å². The second-order valence-electron chi connectivity index (χ2n) is 11.7. The Labute approximate surface area is 266 Å². The number of fused-ring (bicyclic) bond motifs is 1. The van der Waals surface area contributed by atoms with Crippen LogP contribution >= 0.6 is 23.2 Å². The molecule has 9 nitrogen and oxygen atoms in total. The summed E-state index contributed by atoms with van der Waals surface area (Å²) in [4.78, 5) is 34.1. The van der Waals surface area contributed by atoms with E-state index in [0.717, 1.165) is 4.57 Å². The zero-order chi connectivity index (χ0) is 33.1. The van der Waals surface area contributed by atoms with Crippen molar-refractivity contribution in [2.75, 3.05) is 11.9 Å². The van der Waals surface area contributed by atoms with Crippen molar-refractivity contribution >= 4 is 57.8 Å². The molecule has 16 heteroatoms. The largest absolute Gasteiger partial charge is 0.471 e. The number of amides is 2. The summed E-state index contributed by atoms with van der Waals surface area (Å²) in [6.45, 7) is 3.26. The number of ether oxygens (including phenoxy) is 1. The van der Waals surface area contributed by atoms with Crippen LogP contribution in [-0.4, -0.2) is 58.0 Å². The van der Waals surface area contributed by atoms with Gasteiger partial charge in [0.1, 0.15) is 17.3 Å². The lowest BCUT2D eigenvalue weighted by atomic mass is 9.94. The van der Waals surface area contributed by atoms with Crippen LogP contribution in [0.15, 0.2) is 18.2 Å². The van der Waals surface area contributed by atoms with Gasteiger partial charge in [-0.2, -0.15) is 4.98 Å². The highest BCUT2D eigenvalue weighted by atomic mass is 35.5. The number of halogens is 7. The maximum Gasteiger partial charge on any atom is 0.272 e. The lowest BCUT2D eigenvalue weighted by Crippen LogP contribution is -2.38. The number of alkyl halides is 5. The van der Waals surface area contributed by atoms with E-state index in [2.05, 4.69) is 25.9 Å². The molecule has 2 aromatic heterocycles. The number of carbonyl (C=O) groups is 2. The minimum absolute atomic E-state index is 0.0268. The Kier molecular flexibility index (Phi) is 11.0. The van der Waals surface area contributed by atoms with Crippen LogP contribution in [0.1, 0.15) is 62.4 Å². The Hall–Kier alpha value is -3.39. The van der Waals surface area contributed by atoms with E-state index in [1.807, 2.05) is 0 Å². The molecule has 0 radical (unpaired) electrons. The number of aromatic nitrogens is 3. The third-order valence-electron chi connectivity index (χ3n) is 7.12. The minimum atomic E-state index is -2.91. The van der Waals surface area contributed by atoms with E-state index in [-0.39, 0.29) is 69.7 Å². The van der Waals surface area contributed by atoms with Gasteiger partial charge in [0, 0.05) is 18.0 Å². The van der Waals surface area contributed by atoms with Crippen molar-refractivity contribution in [1.82, 2.24) is 25.2 Å². The van der Waals surface area contributed by atoms with E-state index < -0.39 is 49.4 Å². The summed E-state index contributed by atoms with van der Waals surface area (Å²) in [5.41, 5.74) is -0.541. The van der Waals surface area contributed by atoms with Crippen LogP contribution < -0.4 is 20.7 Å². The maximum atomic E-state index is 13.8.